The number of hydrogen-bond donors (Lipinski definition) is 1. The third-order valence-corrected chi connectivity index (χ3v) is 4.08. The summed E-state index contributed by atoms with van der Waals surface area (Å²) in [6, 6.07) is 4.33. The smallest absolute Gasteiger partial charge is 0.140 e. The first-order valence-electron chi connectivity index (χ1n) is 6.77. The van der Waals surface area contributed by atoms with Crippen LogP contribution in [-0.4, -0.2) is 20.7 Å². The van der Waals surface area contributed by atoms with Gasteiger partial charge in [-0.1, -0.05) is 30.5 Å². The van der Waals surface area contributed by atoms with Crippen molar-refractivity contribution in [2.24, 2.45) is 0 Å². The van der Waals surface area contributed by atoms with Crippen molar-refractivity contribution in [2.45, 2.75) is 38.0 Å². The Kier molecular flexibility index (Phi) is 4.90. The number of methoxy groups -OCH3 is 1. The first-order chi connectivity index (χ1) is 8.76. The minimum absolute atomic E-state index is 0.631. The Morgan fingerprint density at radius 2 is 2.06 bits per heavy atom. The predicted molar refractivity (Wildman–Crippen MR) is 76.8 cm³/mol. The minimum Gasteiger partial charge on any atom is -0.495 e. The topological polar surface area (TPSA) is 21.3 Å². The van der Waals surface area contributed by atoms with Gasteiger partial charge < -0.3 is 10.1 Å². The van der Waals surface area contributed by atoms with Gasteiger partial charge in [-0.25, -0.2) is 0 Å². The van der Waals surface area contributed by atoms with Gasteiger partial charge in [0.15, 0.2) is 0 Å². The van der Waals surface area contributed by atoms with Gasteiger partial charge in [0.2, 0.25) is 0 Å². The lowest BCUT2D eigenvalue weighted by atomic mass is 9.94. The molecule has 0 atom stereocenters. The SMILES string of the molecule is CNCCc1cc(Cl)c(OC)c(C2CCCC2)c1. The van der Waals surface area contributed by atoms with Crippen molar-refractivity contribution in [1.29, 1.82) is 0 Å². The lowest BCUT2D eigenvalue weighted by molar-refractivity contribution is 0.405. The largest absolute Gasteiger partial charge is 0.495 e. The molecule has 1 aliphatic carbocycles. The van der Waals surface area contributed by atoms with E-state index >= 15 is 0 Å². The molecule has 0 radical (unpaired) electrons. The van der Waals surface area contributed by atoms with E-state index in [-0.39, 0.29) is 0 Å². The Bertz CT molecular complexity index is 400. The number of likely N-dealkylation sites (N-methyl/N-ethyl adjacent to an activating group) is 1. The molecule has 0 bridgehead atoms. The number of nitrogens with one attached hydrogen (secondary N) is 1. The third-order valence-electron chi connectivity index (χ3n) is 3.79. The molecule has 1 aromatic rings. The maximum absolute atomic E-state index is 6.35. The average Bonchev–Trinajstić information content (AvgIpc) is 2.89. The highest BCUT2D eigenvalue weighted by atomic mass is 35.5. The van der Waals surface area contributed by atoms with Gasteiger partial charge >= 0.3 is 0 Å². The Morgan fingerprint density at radius 1 is 1.33 bits per heavy atom. The van der Waals surface area contributed by atoms with Crippen LogP contribution in [0, 0.1) is 0 Å². The van der Waals surface area contributed by atoms with E-state index in [0.717, 1.165) is 23.7 Å². The zero-order valence-corrected chi connectivity index (χ0v) is 12.0. The molecule has 0 amide bonds. The van der Waals surface area contributed by atoms with Crippen LogP contribution >= 0.6 is 11.6 Å². The van der Waals surface area contributed by atoms with E-state index in [9.17, 15) is 0 Å². The number of benzene rings is 1. The van der Waals surface area contributed by atoms with Crippen LogP contribution in [0.25, 0.3) is 0 Å². The molecule has 1 fully saturated rings. The van der Waals surface area contributed by atoms with E-state index in [1.807, 2.05) is 13.1 Å². The third kappa shape index (κ3) is 2.99. The van der Waals surface area contributed by atoms with E-state index in [1.165, 1.54) is 36.8 Å². The summed E-state index contributed by atoms with van der Waals surface area (Å²) in [6.07, 6.45) is 6.20. The number of hydrogen-bond acceptors (Lipinski definition) is 2. The zero-order chi connectivity index (χ0) is 13.0. The summed E-state index contributed by atoms with van der Waals surface area (Å²) < 4.78 is 5.50. The molecule has 1 aliphatic rings. The molecule has 3 heteroatoms. The molecule has 0 heterocycles. The van der Waals surface area contributed by atoms with E-state index in [4.69, 9.17) is 16.3 Å². The molecule has 0 saturated heterocycles. The number of halogens is 1. The lowest BCUT2D eigenvalue weighted by Gasteiger charge is -2.17. The van der Waals surface area contributed by atoms with E-state index in [2.05, 4.69) is 11.4 Å². The Balaban J connectivity index is 2.30. The van der Waals surface area contributed by atoms with E-state index < -0.39 is 0 Å². The van der Waals surface area contributed by atoms with Gasteiger partial charge in [-0.3, -0.25) is 0 Å². The molecule has 1 aromatic carbocycles. The van der Waals surface area contributed by atoms with Crippen molar-refractivity contribution in [2.75, 3.05) is 20.7 Å². The molecule has 1 saturated carbocycles. The number of ether oxygens (including phenoxy) is 1. The van der Waals surface area contributed by atoms with Crippen molar-refractivity contribution < 1.29 is 4.74 Å². The Morgan fingerprint density at radius 3 is 2.67 bits per heavy atom. The van der Waals surface area contributed by atoms with Crippen molar-refractivity contribution in [3.63, 3.8) is 0 Å². The molecular formula is C15H22ClNO. The van der Waals surface area contributed by atoms with Gasteiger partial charge in [0.05, 0.1) is 12.1 Å². The molecule has 2 rings (SSSR count). The Labute approximate surface area is 115 Å². The summed E-state index contributed by atoms with van der Waals surface area (Å²) in [5, 5.41) is 3.94. The van der Waals surface area contributed by atoms with Crippen LogP contribution in [0.2, 0.25) is 5.02 Å². The van der Waals surface area contributed by atoms with Gasteiger partial charge in [0, 0.05) is 0 Å². The maximum Gasteiger partial charge on any atom is 0.140 e. The molecule has 1 N–H and O–H groups in total. The molecule has 0 spiro atoms. The minimum atomic E-state index is 0.631. The highest BCUT2D eigenvalue weighted by molar-refractivity contribution is 6.32. The van der Waals surface area contributed by atoms with Crippen LogP contribution in [0.5, 0.6) is 5.75 Å². The second-order valence-electron chi connectivity index (χ2n) is 5.04. The van der Waals surface area contributed by atoms with Gasteiger partial charge in [0.25, 0.3) is 0 Å². The number of rotatable bonds is 5. The maximum atomic E-state index is 6.35. The van der Waals surface area contributed by atoms with Crippen LogP contribution in [0.1, 0.15) is 42.7 Å². The van der Waals surface area contributed by atoms with Crippen LogP contribution in [-0.2, 0) is 6.42 Å². The summed E-state index contributed by atoms with van der Waals surface area (Å²) in [5.74, 6) is 1.52. The normalized spacial score (nSPS) is 16.2. The predicted octanol–water partition coefficient (Wildman–Crippen LogP) is 3.77. The standard InChI is InChI=1S/C15H22ClNO/c1-17-8-7-11-9-13(12-5-3-4-6-12)15(18-2)14(16)10-11/h9-10,12,17H,3-8H2,1-2H3. The monoisotopic (exact) mass is 267 g/mol. The van der Waals surface area contributed by atoms with E-state index in [0.29, 0.717) is 5.92 Å². The van der Waals surface area contributed by atoms with E-state index in [1.54, 1.807) is 7.11 Å². The second kappa shape index (κ2) is 6.44. The molecule has 18 heavy (non-hydrogen) atoms. The highest BCUT2D eigenvalue weighted by Gasteiger charge is 2.22. The zero-order valence-electron chi connectivity index (χ0n) is 11.3. The van der Waals surface area contributed by atoms with Crippen molar-refractivity contribution in [1.82, 2.24) is 5.32 Å². The fourth-order valence-electron chi connectivity index (χ4n) is 2.84. The summed E-state index contributed by atoms with van der Waals surface area (Å²) in [5.41, 5.74) is 2.62. The summed E-state index contributed by atoms with van der Waals surface area (Å²) in [7, 11) is 3.69. The fourth-order valence-corrected chi connectivity index (χ4v) is 3.17. The quantitative estimate of drug-likeness (QED) is 0.877. The van der Waals surface area contributed by atoms with Crippen LogP contribution in [0.4, 0.5) is 0 Å². The highest BCUT2D eigenvalue weighted by Crippen LogP contribution is 2.42. The van der Waals surface area contributed by atoms with Crippen LogP contribution in [0.3, 0.4) is 0 Å². The molecule has 0 aliphatic heterocycles. The van der Waals surface area contributed by atoms with Crippen molar-refractivity contribution in [3.05, 3.63) is 28.3 Å². The van der Waals surface area contributed by atoms with Gasteiger partial charge in [0.1, 0.15) is 5.75 Å². The summed E-state index contributed by atoms with van der Waals surface area (Å²) in [6.45, 7) is 0.979. The summed E-state index contributed by atoms with van der Waals surface area (Å²) in [4.78, 5) is 0. The second-order valence-corrected chi connectivity index (χ2v) is 5.44. The lowest BCUT2D eigenvalue weighted by Crippen LogP contribution is -2.11. The van der Waals surface area contributed by atoms with Gasteiger partial charge in [-0.2, -0.15) is 0 Å². The van der Waals surface area contributed by atoms with Gasteiger partial charge in [-0.15, -0.1) is 0 Å². The fraction of sp³-hybridized carbons (Fsp3) is 0.600. The van der Waals surface area contributed by atoms with Crippen LogP contribution < -0.4 is 10.1 Å². The molecule has 0 unspecified atom stereocenters. The van der Waals surface area contributed by atoms with Crippen molar-refractivity contribution in [3.8, 4) is 5.75 Å². The molecule has 2 nitrogen and oxygen atoms in total. The Hall–Kier alpha value is -0.730. The average molecular weight is 268 g/mol. The first-order valence-corrected chi connectivity index (χ1v) is 7.15. The van der Waals surface area contributed by atoms with Crippen molar-refractivity contribution >= 4 is 11.6 Å². The first kappa shape index (κ1) is 13.7. The molecule has 0 aromatic heterocycles. The molecule has 100 valence electrons. The van der Waals surface area contributed by atoms with Crippen LogP contribution in [0.15, 0.2) is 12.1 Å². The van der Waals surface area contributed by atoms with Gasteiger partial charge in [-0.05, 0) is 56.0 Å². The summed E-state index contributed by atoms with van der Waals surface area (Å²) >= 11 is 6.35. The molecular weight excluding hydrogens is 246 g/mol.